The van der Waals surface area contributed by atoms with Crippen molar-refractivity contribution in [3.8, 4) is 0 Å². The minimum absolute atomic E-state index is 0.263. The van der Waals surface area contributed by atoms with Crippen LogP contribution in [-0.2, 0) is 16.6 Å². The average molecular weight is 424 g/mol. The Labute approximate surface area is 174 Å². The smallest absolute Gasteiger partial charge is 0.257 e. The van der Waals surface area contributed by atoms with Gasteiger partial charge in [-0.05, 0) is 54.1 Å². The molecule has 0 aliphatic heterocycles. The second-order valence-electron chi connectivity index (χ2n) is 6.53. The lowest BCUT2D eigenvalue weighted by Gasteiger charge is -2.09. The van der Waals surface area contributed by atoms with E-state index in [1.807, 2.05) is 6.07 Å². The minimum Gasteiger partial charge on any atom is -0.348 e. The largest absolute Gasteiger partial charge is 0.348 e. The third-order valence-electron chi connectivity index (χ3n) is 4.01. The molecule has 9 heteroatoms. The van der Waals surface area contributed by atoms with Gasteiger partial charge in [0.2, 0.25) is 10.0 Å². The van der Waals surface area contributed by atoms with E-state index in [9.17, 15) is 18.0 Å². The Morgan fingerprint density at radius 1 is 0.900 bits per heavy atom. The molecule has 3 aromatic rings. The summed E-state index contributed by atoms with van der Waals surface area (Å²) in [6.45, 7) is 0.263. The first-order chi connectivity index (χ1) is 14.3. The molecule has 0 atom stereocenters. The lowest BCUT2D eigenvalue weighted by atomic mass is 10.1. The molecule has 3 N–H and O–H groups in total. The molecule has 30 heavy (non-hydrogen) atoms. The third-order valence-corrected chi connectivity index (χ3v) is 4.62. The highest BCUT2D eigenvalue weighted by Crippen LogP contribution is 2.14. The zero-order chi connectivity index (χ0) is 21.6. The van der Waals surface area contributed by atoms with E-state index in [0.29, 0.717) is 22.5 Å². The molecule has 0 aliphatic carbocycles. The molecule has 3 rings (SSSR count). The van der Waals surface area contributed by atoms with E-state index in [4.69, 9.17) is 0 Å². The van der Waals surface area contributed by atoms with Gasteiger partial charge in [-0.25, -0.2) is 8.42 Å². The Hall–Kier alpha value is -3.72. The zero-order valence-electron chi connectivity index (χ0n) is 16.1. The Morgan fingerprint density at radius 3 is 2.33 bits per heavy atom. The highest BCUT2D eigenvalue weighted by atomic mass is 32.2. The first kappa shape index (κ1) is 21.0. The van der Waals surface area contributed by atoms with Crippen LogP contribution in [0.3, 0.4) is 0 Å². The fourth-order valence-electron chi connectivity index (χ4n) is 2.65. The van der Waals surface area contributed by atoms with Gasteiger partial charge in [-0.2, -0.15) is 0 Å². The fourth-order valence-corrected chi connectivity index (χ4v) is 3.21. The lowest BCUT2D eigenvalue weighted by Crippen LogP contribution is -2.23. The lowest BCUT2D eigenvalue weighted by molar-refractivity contribution is 0.0950. The molecular weight excluding hydrogens is 404 g/mol. The van der Waals surface area contributed by atoms with Crippen molar-refractivity contribution in [3.05, 3.63) is 89.7 Å². The van der Waals surface area contributed by atoms with Gasteiger partial charge in [0, 0.05) is 35.9 Å². The predicted molar refractivity (Wildman–Crippen MR) is 115 cm³/mol. The molecule has 154 valence electrons. The number of rotatable bonds is 7. The molecule has 0 unspecified atom stereocenters. The van der Waals surface area contributed by atoms with Gasteiger partial charge in [0.1, 0.15) is 0 Å². The summed E-state index contributed by atoms with van der Waals surface area (Å²) in [6, 6.07) is 16.6. The van der Waals surface area contributed by atoms with E-state index < -0.39 is 10.0 Å². The summed E-state index contributed by atoms with van der Waals surface area (Å²) in [7, 11) is -3.37. The maximum atomic E-state index is 12.3. The average Bonchev–Trinajstić information content (AvgIpc) is 2.72. The highest BCUT2D eigenvalue weighted by molar-refractivity contribution is 7.92. The van der Waals surface area contributed by atoms with Crippen molar-refractivity contribution < 1.29 is 18.0 Å². The van der Waals surface area contributed by atoms with Crippen molar-refractivity contribution in [1.82, 2.24) is 10.3 Å². The van der Waals surface area contributed by atoms with Gasteiger partial charge in [-0.3, -0.25) is 19.3 Å². The van der Waals surface area contributed by atoms with Gasteiger partial charge in [0.05, 0.1) is 11.8 Å². The molecule has 0 fully saturated rings. The molecule has 0 aliphatic rings. The van der Waals surface area contributed by atoms with Crippen LogP contribution >= 0.6 is 0 Å². The summed E-state index contributed by atoms with van der Waals surface area (Å²) in [5.41, 5.74) is 2.64. The number of pyridine rings is 1. The van der Waals surface area contributed by atoms with Gasteiger partial charge in [0.25, 0.3) is 11.8 Å². The van der Waals surface area contributed by atoms with Gasteiger partial charge >= 0.3 is 0 Å². The van der Waals surface area contributed by atoms with Crippen molar-refractivity contribution in [3.63, 3.8) is 0 Å². The second-order valence-corrected chi connectivity index (χ2v) is 8.28. The Kier molecular flexibility index (Phi) is 6.43. The standard InChI is InChI=1S/C21H20N4O4S/c1-30(28,29)25-18-9-7-16(8-10-18)20(26)23-13-15-4-2-6-19(12-15)24-21(27)17-5-3-11-22-14-17/h2-12,14,25H,13H2,1H3,(H,23,26)(H,24,27). The first-order valence-electron chi connectivity index (χ1n) is 8.96. The Bertz CT molecular complexity index is 1150. The normalized spacial score (nSPS) is 10.8. The number of aromatic nitrogens is 1. The zero-order valence-corrected chi connectivity index (χ0v) is 16.9. The van der Waals surface area contributed by atoms with Crippen molar-refractivity contribution in [1.29, 1.82) is 0 Å². The SMILES string of the molecule is CS(=O)(=O)Nc1ccc(C(=O)NCc2cccc(NC(=O)c3cccnc3)c2)cc1. The van der Waals surface area contributed by atoms with Crippen LogP contribution in [0.25, 0.3) is 0 Å². The number of nitrogens with one attached hydrogen (secondary N) is 3. The quantitative estimate of drug-likeness (QED) is 0.539. The minimum atomic E-state index is -3.37. The van der Waals surface area contributed by atoms with Crippen LogP contribution in [0.5, 0.6) is 0 Å². The molecule has 8 nitrogen and oxygen atoms in total. The summed E-state index contributed by atoms with van der Waals surface area (Å²) in [5.74, 6) is -0.571. The van der Waals surface area contributed by atoms with Crippen molar-refractivity contribution in [2.75, 3.05) is 16.3 Å². The number of anilines is 2. The van der Waals surface area contributed by atoms with Crippen LogP contribution in [0.15, 0.2) is 73.1 Å². The van der Waals surface area contributed by atoms with Crippen LogP contribution in [0.4, 0.5) is 11.4 Å². The molecule has 0 bridgehead atoms. The predicted octanol–water partition coefficient (Wildman–Crippen LogP) is 2.64. The number of amides is 2. The second kappa shape index (κ2) is 9.19. The molecule has 0 spiro atoms. The number of carbonyl (C=O) groups excluding carboxylic acids is 2. The maximum Gasteiger partial charge on any atom is 0.257 e. The number of sulfonamides is 1. The van der Waals surface area contributed by atoms with E-state index in [0.717, 1.165) is 11.8 Å². The Morgan fingerprint density at radius 2 is 1.67 bits per heavy atom. The summed E-state index contributed by atoms with van der Waals surface area (Å²) >= 11 is 0. The molecule has 1 heterocycles. The number of hydrogen-bond acceptors (Lipinski definition) is 5. The summed E-state index contributed by atoms with van der Waals surface area (Å²) in [4.78, 5) is 28.5. The number of nitrogens with zero attached hydrogens (tertiary/aromatic N) is 1. The van der Waals surface area contributed by atoms with E-state index in [-0.39, 0.29) is 18.4 Å². The van der Waals surface area contributed by atoms with Crippen LogP contribution in [-0.4, -0.2) is 31.5 Å². The Balaban J connectivity index is 1.58. The van der Waals surface area contributed by atoms with Crippen molar-refractivity contribution in [2.24, 2.45) is 0 Å². The van der Waals surface area contributed by atoms with Crippen molar-refractivity contribution >= 4 is 33.2 Å². The number of benzene rings is 2. The number of carbonyl (C=O) groups is 2. The van der Waals surface area contributed by atoms with Gasteiger partial charge in [-0.1, -0.05) is 12.1 Å². The van der Waals surface area contributed by atoms with Crippen LogP contribution in [0.2, 0.25) is 0 Å². The van der Waals surface area contributed by atoms with E-state index >= 15 is 0 Å². The first-order valence-corrected chi connectivity index (χ1v) is 10.9. The van der Waals surface area contributed by atoms with Gasteiger partial charge in [0.15, 0.2) is 0 Å². The summed E-state index contributed by atoms with van der Waals surface area (Å²) < 4.78 is 24.8. The highest BCUT2D eigenvalue weighted by Gasteiger charge is 2.09. The van der Waals surface area contributed by atoms with Gasteiger partial charge < -0.3 is 10.6 Å². The molecule has 0 radical (unpaired) electrons. The monoisotopic (exact) mass is 424 g/mol. The molecule has 2 amide bonds. The van der Waals surface area contributed by atoms with E-state index in [2.05, 4.69) is 20.3 Å². The van der Waals surface area contributed by atoms with Crippen LogP contribution in [0, 0.1) is 0 Å². The molecule has 0 saturated heterocycles. The summed E-state index contributed by atoms with van der Waals surface area (Å²) in [6.07, 6.45) is 4.13. The fraction of sp³-hybridized carbons (Fsp3) is 0.0952. The summed E-state index contributed by atoms with van der Waals surface area (Å²) in [5, 5.41) is 5.59. The number of hydrogen-bond donors (Lipinski definition) is 3. The molecule has 1 aromatic heterocycles. The van der Waals surface area contributed by atoms with Crippen LogP contribution < -0.4 is 15.4 Å². The molecule has 2 aromatic carbocycles. The van der Waals surface area contributed by atoms with E-state index in [1.165, 1.54) is 30.5 Å². The maximum absolute atomic E-state index is 12.3. The molecule has 0 saturated carbocycles. The topological polar surface area (TPSA) is 117 Å². The van der Waals surface area contributed by atoms with Gasteiger partial charge in [-0.15, -0.1) is 0 Å². The van der Waals surface area contributed by atoms with E-state index in [1.54, 1.807) is 36.5 Å². The van der Waals surface area contributed by atoms with Crippen molar-refractivity contribution in [2.45, 2.75) is 6.54 Å². The molecular formula is C21H20N4O4S. The van der Waals surface area contributed by atoms with Crippen LogP contribution in [0.1, 0.15) is 26.3 Å². The third kappa shape index (κ3) is 6.14.